The van der Waals surface area contributed by atoms with Gasteiger partial charge >= 0.3 is 5.97 Å². The van der Waals surface area contributed by atoms with Gasteiger partial charge in [0.2, 0.25) is 0 Å². The lowest BCUT2D eigenvalue weighted by atomic mass is 10.1. The van der Waals surface area contributed by atoms with Crippen LogP contribution in [0.15, 0.2) is 6.07 Å². The van der Waals surface area contributed by atoms with Crippen LogP contribution in [0.25, 0.3) is 0 Å². The van der Waals surface area contributed by atoms with Gasteiger partial charge in [-0.1, -0.05) is 18.5 Å². The van der Waals surface area contributed by atoms with E-state index in [9.17, 15) is 13.6 Å². The third kappa shape index (κ3) is 3.17. The number of rotatable bonds is 4. The third-order valence-corrected chi connectivity index (χ3v) is 2.98. The van der Waals surface area contributed by atoms with Gasteiger partial charge in [-0.2, -0.15) is 0 Å². The zero-order chi connectivity index (χ0) is 13.9. The fourth-order valence-electron chi connectivity index (χ4n) is 1.24. The van der Waals surface area contributed by atoms with Crippen molar-refractivity contribution >= 4 is 17.6 Å². The molecule has 0 aliphatic carbocycles. The lowest BCUT2D eigenvalue weighted by Gasteiger charge is -2.11. The van der Waals surface area contributed by atoms with Gasteiger partial charge in [0, 0.05) is 11.5 Å². The summed E-state index contributed by atoms with van der Waals surface area (Å²) in [5.41, 5.74) is 5.07. The maximum Gasteiger partial charge on any atom is 0.339 e. The molecule has 3 nitrogen and oxygen atoms in total. The maximum atomic E-state index is 13.2. The first kappa shape index (κ1) is 14.9. The quantitative estimate of drug-likeness (QED) is 0.680. The molecule has 18 heavy (non-hydrogen) atoms. The monoisotopic (exact) mass is 277 g/mol. The van der Waals surface area contributed by atoms with E-state index < -0.39 is 17.6 Å². The van der Waals surface area contributed by atoms with E-state index in [-0.39, 0.29) is 28.7 Å². The second-order valence-electron chi connectivity index (χ2n) is 4.10. The van der Waals surface area contributed by atoms with Crippen molar-refractivity contribution in [1.29, 1.82) is 0 Å². The van der Waals surface area contributed by atoms with Gasteiger partial charge in [0.05, 0.1) is 17.2 Å². The van der Waals surface area contributed by atoms with E-state index in [0.717, 1.165) is 6.07 Å². The Hall–Kier alpha value is -1.20. The predicted octanol–water partition coefficient (Wildman–Crippen LogP) is 2.68. The number of ether oxygens (including phenoxy) is 1. The normalized spacial score (nSPS) is 12.3. The van der Waals surface area contributed by atoms with Crippen molar-refractivity contribution in [3.05, 3.63) is 33.9 Å². The van der Waals surface area contributed by atoms with Crippen molar-refractivity contribution in [1.82, 2.24) is 0 Å². The largest absolute Gasteiger partial charge is 0.462 e. The molecular weight excluding hydrogens is 264 g/mol. The molecule has 0 aliphatic rings. The molecule has 0 fully saturated rings. The number of carbonyl (C=O) groups is 1. The number of esters is 1. The molecule has 1 unspecified atom stereocenters. The van der Waals surface area contributed by atoms with Crippen LogP contribution in [0.5, 0.6) is 0 Å². The molecule has 2 N–H and O–H groups in total. The van der Waals surface area contributed by atoms with E-state index >= 15 is 0 Å². The van der Waals surface area contributed by atoms with Crippen molar-refractivity contribution < 1.29 is 18.3 Å². The standard InChI is InChI=1S/C12H14ClF2NO2/c1-6(4-16)5-18-12(17)8-3-9(14)11(15)7(2)10(8)13/h3,6H,4-5,16H2,1-2H3. The predicted molar refractivity (Wildman–Crippen MR) is 64.6 cm³/mol. The summed E-state index contributed by atoms with van der Waals surface area (Å²) in [6, 6.07) is 0.736. The molecule has 0 amide bonds. The maximum absolute atomic E-state index is 13.2. The van der Waals surface area contributed by atoms with E-state index in [1.165, 1.54) is 6.92 Å². The van der Waals surface area contributed by atoms with Gasteiger partial charge in [-0.25, -0.2) is 13.6 Å². The molecule has 0 bridgehead atoms. The number of hydrogen-bond donors (Lipinski definition) is 1. The average Bonchev–Trinajstić information content (AvgIpc) is 2.37. The van der Waals surface area contributed by atoms with Crippen LogP contribution in [0.4, 0.5) is 8.78 Å². The van der Waals surface area contributed by atoms with Gasteiger partial charge in [-0.3, -0.25) is 0 Å². The Balaban J connectivity index is 2.93. The Morgan fingerprint density at radius 3 is 2.72 bits per heavy atom. The van der Waals surface area contributed by atoms with E-state index in [1.807, 2.05) is 0 Å². The molecule has 0 aromatic heterocycles. The lowest BCUT2D eigenvalue weighted by Crippen LogP contribution is -2.19. The summed E-state index contributed by atoms with van der Waals surface area (Å²) in [5.74, 6) is -3.00. The van der Waals surface area contributed by atoms with E-state index in [4.69, 9.17) is 22.1 Å². The molecule has 0 spiro atoms. The van der Waals surface area contributed by atoms with Crippen LogP contribution in [-0.2, 0) is 4.74 Å². The molecule has 1 rings (SSSR count). The molecule has 1 aromatic carbocycles. The molecule has 0 saturated carbocycles. The highest BCUT2D eigenvalue weighted by Crippen LogP contribution is 2.26. The first-order chi connectivity index (χ1) is 8.38. The third-order valence-electron chi connectivity index (χ3n) is 2.50. The number of nitrogens with two attached hydrogens (primary N) is 1. The Morgan fingerprint density at radius 2 is 2.17 bits per heavy atom. The van der Waals surface area contributed by atoms with Crippen LogP contribution in [0.3, 0.4) is 0 Å². The summed E-state index contributed by atoms with van der Waals surface area (Å²) in [4.78, 5) is 11.7. The van der Waals surface area contributed by atoms with Crippen molar-refractivity contribution in [2.24, 2.45) is 11.7 Å². The number of carbonyl (C=O) groups excluding carboxylic acids is 1. The highest BCUT2D eigenvalue weighted by atomic mass is 35.5. The summed E-state index contributed by atoms with van der Waals surface area (Å²) in [7, 11) is 0. The Labute approximate surface area is 109 Å². The molecule has 0 heterocycles. The first-order valence-corrected chi connectivity index (χ1v) is 5.77. The SMILES string of the molecule is Cc1c(F)c(F)cc(C(=O)OCC(C)CN)c1Cl. The van der Waals surface area contributed by atoms with Gasteiger partial charge in [0.25, 0.3) is 0 Å². The molecule has 0 saturated heterocycles. The number of benzene rings is 1. The van der Waals surface area contributed by atoms with Gasteiger partial charge < -0.3 is 10.5 Å². The lowest BCUT2D eigenvalue weighted by molar-refractivity contribution is 0.0453. The van der Waals surface area contributed by atoms with Crippen molar-refractivity contribution in [2.45, 2.75) is 13.8 Å². The van der Waals surface area contributed by atoms with E-state index in [0.29, 0.717) is 6.54 Å². The highest BCUT2D eigenvalue weighted by Gasteiger charge is 2.20. The minimum Gasteiger partial charge on any atom is -0.462 e. The molecular formula is C12H14ClF2NO2. The van der Waals surface area contributed by atoms with Gasteiger partial charge in [0.15, 0.2) is 11.6 Å². The highest BCUT2D eigenvalue weighted by molar-refractivity contribution is 6.34. The smallest absolute Gasteiger partial charge is 0.339 e. The average molecular weight is 278 g/mol. The fourth-order valence-corrected chi connectivity index (χ4v) is 1.46. The van der Waals surface area contributed by atoms with Gasteiger partial charge in [-0.15, -0.1) is 0 Å². The van der Waals surface area contributed by atoms with Gasteiger partial charge in [0.1, 0.15) is 0 Å². The molecule has 1 aromatic rings. The summed E-state index contributed by atoms with van der Waals surface area (Å²) in [6.45, 7) is 3.55. The first-order valence-electron chi connectivity index (χ1n) is 5.39. The van der Waals surface area contributed by atoms with Crippen LogP contribution in [0, 0.1) is 24.5 Å². The summed E-state index contributed by atoms with van der Waals surface area (Å²) < 4.78 is 31.3. The minimum atomic E-state index is -1.13. The summed E-state index contributed by atoms with van der Waals surface area (Å²) in [6.07, 6.45) is 0. The Kier molecular flexibility index (Phi) is 5.04. The number of halogens is 3. The molecule has 1 atom stereocenters. The Morgan fingerprint density at radius 1 is 1.56 bits per heavy atom. The molecule has 0 aliphatic heterocycles. The van der Waals surface area contributed by atoms with Crippen molar-refractivity contribution in [3.63, 3.8) is 0 Å². The Bertz CT molecular complexity index is 466. The van der Waals surface area contributed by atoms with Crippen LogP contribution < -0.4 is 5.73 Å². The van der Waals surface area contributed by atoms with Crippen LogP contribution in [-0.4, -0.2) is 19.1 Å². The number of hydrogen-bond acceptors (Lipinski definition) is 3. The second kappa shape index (κ2) is 6.11. The molecule has 6 heteroatoms. The van der Waals surface area contributed by atoms with Crippen molar-refractivity contribution in [2.75, 3.05) is 13.2 Å². The minimum absolute atomic E-state index is 0.0147. The van der Waals surface area contributed by atoms with E-state index in [2.05, 4.69) is 0 Å². The van der Waals surface area contributed by atoms with Crippen LogP contribution in [0.1, 0.15) is 22.8 Å². The van der Waals surface area contributed by atoms with Crippen LogP contribution in [0.2, 0.25) is 5.02 Å². The zero-order valence-electron chi connectivity index (χ0n) is 10.1. The summed E-state index contributed by atoms with van der Waals surface area (Å²) >= 11 is 5.78. The second-order valence-corrected chi connectivity index (χ2v) is 4.48. The van der Waals surface area contributed by atoms with Crippen LogP contribution >= 0.6 is 11.6 Å². The van der Waals surface area contributed by atoms with Crippen molar-refractivity contribution in [3.8, 4) is 0 Å². The van der Waals surface area contributed by atoms with Gasteiger partial charge in [-0.05, 0) is 19.5 Å². The zero-order valence-corrected chi connectivity index (χ0v) is 10.9. The summed E-state index contributed by atoms with van der Waals surface area (Å²) in [5, 5.41) is -0.140. The topological polar surface area (TPSA) is 52.3 Å². The molecule has 0 radical (unpaired) electrons. The van der Waals surface area contributed by atoms with E-state index in [1.54, 1.807) is 6.92 Å². The molecule has 100 valence electrons. The fraction of sp³-hybridized carbons (Fsp3) is 0.417.